The summed E-state index contributed by atoms with van der Waals surface area (Å²) in [5.41, 5.74) is 12.4. The fourth-order valence-corrected chi connectivity index (χ4v) is 2.86. The zero-order valence-electron chi connectivity index (χ0n) is 12.2. The van der Waals surface area contributed by atoms with E-state index in [-0.39, 0.29) is 29.6 Å². The predicted octanol–water partition coefficient (Wildman–Crippen LogP) is 2.11. The maximum Gasteiger partial charge on any atom is 0.280 e. The van der Waals surface area contributed by atoms with Crippen molar-refractivity contribution < 1.29 is 13.5 Å². The molecule has 0 aromatic carbocycles. The van der Waals surface area contributed by atoms with Gasteiger partial charge in [0.15, 0.2) is 0 Å². The first kappa shape index (κ1) is 15.1. The SMILES string of the molecule is CCOc1nc(C(F)F)cc2cnc(C3C(N)CC3N)cc12. The van der Waals surface area contributed by atoms with Gasteiger partial charge in [-0.05, 0) is 25.5 Å². The molecule has 1 fully saturated rings. The molecule has 118 valence electrons. The number of pyridine rings is 2. The minimum absolute atomic E-state index is 0.0198. The molecular formula is C15H18F2N4O. The van der Waals surface area contributed by atoms with Crippen LogP contribution >= 0.6 is 0 Å². The van der Waals surface area contributed by atoms with Crippen LogP contribution in [0.3, 0.4) is 0 Å². The normalized spacial score (nSPS) is 24.5. The number of nitrogens with two attached hydrogens (primary N) is 2. The van der Waals surface area contributed by atoms with Gasteiger partial charge >= 0.3 is 0 Å². The number of ether oxygens (including phenoxy) is 1. The third kappa shape index (κ3) is 2.50. The van der Waals surface area contributed by atoms with Crippen LogP contribution in [0.5, 0.6) is 5.88 Å². The lowest BCUT2D eigenvalue weighted by molar-refractivity contribution is 0.145. The topological polar surface area (TPSA) is 87.0 Å². The Morgan fingerprint density at radius 1 is 1.32 bits per heavy atom. The standard InChI is InChI=1S/C15H18F2N4O/c1-2-22-15-8-4-11(13-9(18)5-10(13)19)20-6-7(8)3-12(21-15)14(16)17/h3-4,6,9-10,13-14H,2,5,18-19H2,1H3. The van der Waals surface area contributed by atoms with Crippen LogP contribution < -0.4 is 16.2 Å². The van der Waals surface area contributed by atoms with Gasteiger partial charge in [0.25, 0.3) is 6.43 Å². The Morgan fingerprint density at radius 2 is 2.05 bits per heavy atom. The number of fused-ring (bicyclic) bond motifs is 1. The van der Waals surface area contributed by atoms with E-state index in [2.05, 4.69) is 9.97 Å². The molecule has 2 atom stereocenters. The molecule has 0 saturated heterocycles. The lowest BCUT2D eigenvalue weighted by Crippen LogP contribution is -2.53. The highest BCUT2D eigenvalue weighted by Gasteiger charge is 2.38. The molecule has 0 amide bonds. The summed E-state index contributed by atoms with van der Waals surface area (Å²) in [6.45, 7) is 2.12. The first-order chi connectivity index (χ1) is 10.5. The van der Waals surface area contributed by atoms with Crippen LogP contribution in [-0.4, -0.2) is 28.7 Å². The molecule has 22 heavy (non-hydrogen) atoms. The summed E-state index contributed by atoms with van der Waals surface area (Å²) in [5, 5.41) is 1.22. The number of hydrogen-bond donors (Lipinski definition) is 2. The van der Waals surface area contributed by atoms with Crippen molar-refractivity contribution in [1.82, 2.24) is 9.97 Å². The van der Waals surface area contributed by atoms with E-state index in [9.17, 15) is 8.78 Å². The Balaban J connectivity index is 2.10. The van der Waals surface area contributed by atoms with Crippen molar-refractivity contribution >= 4 is 10.8 Å². The van der Waals surface area contributed by atoms with Gasteiger partial charge in [0.2, 0.25) is 5.88 Å². The van der Waals surface area contributed by atoms with Gasteiger partial charge < -0.3 is 16.2 Å². The quantitative estimate of drug-likeness (QED) is 0.903. The first-order valence-corrected chi connectivity index (χ1v) is 7.24. The highest BCUT2D eigenvalue weighted by Crippen LogP contribution is 2.36. The number of nitrogens with zero attached hydrogens (tertiary/aromatic N) is 2. The van der Waals surface area contributed by atoms with Crippen LogP contribution in [0.4, 0.5) is 8.78 Å². The number of alkyl halides is 2. The largest absolute Gasteiger partial charge is 0.478 e. The monoisotopic (exact) mass is 308 g/mol. The molecule has 0 spiro atoms. The molecular weight excluding hydrogens is 290 g/mol. The third-order valence-corrected chi connectivity index (χ3v) is 4.03. The van der Waals surface area contributed by atoms with Gasteiger partial charge in [0.05, 0.1) is 6.61 Å². The minimum Gasteiger partial charge on any atom is -0.478 e. The van der Waals surface area contributed by atoms with Crippen LogP contribution in [0.2, 0.25) is 0 Å². The molecule has 1 aliphatic carbocycles. The van der Waals surface area contributed by atoms with Gasteiger partial charge in [-0.15, -0.1) is 0 Å². The van der Waals surface area contributed by atoms with Crippen LogP contribution in [-0.2, 0) is 0 Å². The van der Waals surface area contributed by atoms with Crippen molar-refractivity contribution in [2.45, 2.75) is 37.8 Å². The van der Waals surface area contributed by atoms with Gasteiger partial charge in [0.1, 0.15) is 5.69 Å². The molecule has 5 nitrogen and oxygen atoms in total. The molecule has 2 unspecified atom stereocenters. The first-order valence-electron chi connectivity index (χ1n) is 7.24. The molecule has 0 bridgehead atoms. The molecule has 1 aliphatic rings. The maximum atomic E-state index is 12.9. The molecule has 3 rings (SSSR count). The lowest BCUT2D eigenvalue weighted by atomic mass is 9.73. The Morgan fingerprint density at radius 3 is 2.64 bits per heavy atom. The summed E-state index contributed by atoms with van der Waals surface area (Å²) in [7, 11) is 0. The van der Waals surface area contributed by atoms with Gasteiger partial charge in [-0.3, -0.25) is 4.98 Å². The van der Waals surface area contributed by atoms with E-state index in [4.69, 9.17) is 16.2 Å². The average molecular weight is 308 g/mol. The fraction of sp³-hybridized carbons (Fsp3) is 0.467. The van der Waals surface area contributed by atoms with E-state index in [1.807, 2.05) is 0 Å². The summed E-state index contributed by atoms with van der Waals surface area (Å²) in [4.78, 5) is 8.25. The van der Waals surface area contributed by atoms with E-state index in [1.165, 1.54) is 6.07 Å². The van der Waals surface area contributed by atoms with E-state index in [1.54, 1.807) is 19.2 Å². The average Bonchev–Trinajstić information content (AvgIpc) is 2.47. The van der Waals surface area contributed by atoms with Crippen molar-refractivity contribution in [2.75, 3.05) is 6.61 Å². The number of hydrogen-bond acceptors (Lipinski definition) is 5. The molecule has 4 N–H and O–H groups in total. The smallest absolute Gasteiger partial charge is 0.280 e. The number of aromatic nitrogens is 2. The van der Waals surface area contributed by atoms with Gasteiger partial charge in [0, 0.05) is 40.7 Å². The van der Waals surface area contributed by atoms with Gasteiger partial charge in [-0.25, -0.2) is 13.8 Å². The van der Waals surface area contributed by atoms with E-state index < -0.39 is 6.43 Å². The molecule has 2 aromatic rings. The number of rotatable bonds is 4. The van der Waals surface area contributed by atoms with Crippen molar-refractivity contribution in [1.29, 1.82) is 0 Å². The summed E-state index contributed by atoms with van der Waals surface area (Å²) in [5.74, 6) is 0.175. The van der Waals surface area contributed by atoms with Crippen molar-refractivity contribution in [3.63, 3.8) is 0 Å². The van der Waals surface area contributed by atoms with Crippen LogP contribution in [0.25, 0.3) is 10.8 Å². The zero-order valence-corrected chi connectivity index (χ0v) is 12.2. The molecule has 2 aromatic heterocycles. The zero-order chi connectivity index (χ0) is 15.9. The molecule has 0 radical (unpaired) electrons. The molecule has 1 saturated carbocycles. The van der Waals surface area contributed by atoms with E-state index in [0.29, 0.717) is 17.4 Å². The minimum atomic E-state index is -2.66. The summed E-state index contributed by atoms with van der Waals surface area (Å²) < 4.78 is 31.3. The highest BCUT2D eigenvalue weighted by atomic mass is 19.3. The van der Waals surface area contributed by atoms with E-state index >= 15 is 0 Å². The Bertz CT molecular complexity index is 687. The predicted molar refractivity (Wildman–Crippen MR) is 79.0 cm³/mol. The second-order valence-electron chi connectivity index (χ2n) is 5.51. The number of halogens is 2. The highest BCUT2D eigenvalue weighted by molar-refractivity contribution is 5.87. The third-order valence-electron chi connectivity index (χ3n) is 4.03. The fourth-order valence-electron chi connectivity index (χ4n) is 2.86. The van der Waals surface area contributed by atoms with E-state index in [0.717, 1.165) is 12.1 Å². The Labute approximate surface area is 126 Å². The maximum absolute atomic E-state index is 12.9. The Hall–Kier alpha value is -1.86. The lowest BCUT2D eigenvalue weighted by Gasteiger charge is -2.39. The van der Waals surface area contributed by atoms with Crippen LogP contribution in [0, 0.1) is 0 Å². The Kier molecular flexibility index (Phi) is 3.92. The summed E-state index contributed by atoms with van der Waals surface area (Å²) >= 11 is 0. The van der Waals surface area contributed by atoms with Crippen LogP contribution in [0.15, 0.2) is 18.3 Å². The van der Waals surface area contributed by atoms with Gasteiger partial charge in [-0.1, -0.05) is 0 Å². The van der Waals surface area contributed by atoms with Crippen LogP contribution in [0.1, 0.15) is 37.1 Å². The summed E-state index contributed by atoms with van der Waals surface area (Å²) in [6.07, 6.45) is -0.346. The second kappa shape index (κ2) is 5.73. The molecule has 2 heterocycles. The summed E-state index contributed by atoms with van der Waals surface area (Å²) in [6, 6.07) is 3.08. The second-order valence-corrected chi connectivity index (χ2v) is 5.51. The van der Waals surface area contributed by atoms with Crippen molar-refractivity contribution in [3.05, 3.63) is 29.7 Å². The van der Waals surface area contributed by atoms with Crippen molar-refractivity contribution in [3.8, 4) is 5.88 Å². The van der Waals surface area contributed by atoms with Crippen molar-refractivity contribution in [2.24, 2.45) is 11.5 Å². The van der Waals surface area contributed by atoms with Gasteiger partial charge in [-0.2, -0.15) is 0 Å². The molecule has 7 heteroatoms. The molecule has 0 aliphatic heterocycles.